The lowest BCUT2D eigenvalue weighted by atomic mass is 9.97. The van der Waals surface area contributed by atoms with Gasteiger partial charge in [-0.25, -0.2) is 4.39 Å². The number of alkyl halides is 1. The van der Waals surface area contributed by atoms with E-state index < -0.39 is 5.67 Å². The van der Waals surface area contributed by atoms with E-state index in [2.05, 4.69) is 29.6 Å². The monoisotopic (exact) mass is 234 g/mol. The zero-order valence-corrected chi connectivity index (χ0v) is 10.2. The highest BCUT2D eigenvalue weighted by atomic mass is 19.1. The van der Waals surface area contributed by atoms with Crippen LogP contribution in [0, 0.1) is 0 Å². The van der Waals surface area contributed by atoms with E-state index in [4.69, 9.17) is 0 Å². The second-order valence-electron chi connectivity index (χ2n) is 5.56. The maximum absolute atomic E-state index is 14.0. The molecule has 0 radical (unpaired) electrons. The Hall–Kier alpha value is -0.930. The molecule has 3 rings (SSSR count). The second kappa shape index (κ2) is 4.07. The zero-order valence-electron chi connectivity index (χ0n) is 10.2. The van der Waals surface area contributed by atoms with Crippen molar-refractivity contribution < 1.29 is 4.39 Å². The summed E-state index contributed by atoms with van der Waals surface area (Å²) in [5.41, 5.74) is 0.391. The highest BCUT2D eigenvalue weighted by Gasteiger charge is 2.44. The number of halogens is 1. The summed E-state index contributed by atoms with van der Waals surface area (Å²) in [4.78, 5) is 2.02. The Balaban J connectivity index is 1.47. The molecule has 1 aromatic rings. The van der Waals surface area contributed by atoms with Crippen LogP contribution in [0.4, 0.5) is 4.39 Å². The van der Waals surface area contributed by atoms with Crippen LogP contribution in [0.2, 0.25) is 0 Å². The molecule has 2 atom stereocenters. The lowest BCUT2D eigenvalue weighted by molar-refractivity contribution is -0.0140. The lowest BCUT2D eigenvalue weighted by Gasteiger charge is -2.42. The molecule has 2 unspecified atom stereocenters. The van der Waals surface area contributed by atoms with Crippen LogP contribution >= 0.6 is 0 Å². The predicted molar refractivity (Wildman–Crippen MR) is 66.9 cm³/mol. The fourth-order valence-corrected chi connectivity index (χ4v) is 2.84. The molecule has 1 saturated carbocycles. The summed E-state index contributed by atoms with van der Waals surface area (Å²) >= 11 is 0. The van der Waals surface area contributed by atoms with Crippen LogP contribution in [0.5, 0.6) is 0 Å². The number of hydrogen-bond donors (Lipinski definition) is 1. The Bertz CT molecular complexity index is 386. The van der Waals surface area contributed by atoms with E-state index in [1.54, 1.807) is 0 Å². The summed E-state index contributed by atoms with van der Waals surface area (Å²) in [5, 5.41) is 3.37. The first-order valence-corrected chi connectivity index (χ1v) is 6.32. The Morgan fingerprint density at radius 1 is 1.35 bits per heavy atom. The number of rotatable bonds is 4. The summed E-state index contributed by atoms with van der Waals surface area (Å²) in [6.07, 6.45) is 1.15. The summed E-state index contributed by atoms with van der Waals surface area (Å²) < 4.78 is 14.0. The van der Waals surface area contributed by atoms with Gasteiger partial charge in [0.2, 0.25) is 0 Å². The van der Waals surface area contributed by atoms with Crippen molar-refractivity contribution in [2.45, 2.75) is 24.0 Å². The quantitative estimate of drug-likeness (QED) is 0.854. The van der Waals surface area contributed by atoms with Crippen LogP contribution < -0.4 is 5.32 Å². The third-order valence-corrected chi connectivity index (χ3v) is 3.81. The molecule has 92 valence electrons. The minimum atomic E-state index is -0.988. The van der Waals surface area contributed by atoms with Crippen molar-refractivity contribution in [3.8, 4) is 0 Å². The van der Waals surface area contributed by atoms with Crippen LogP contribution in [0.3, 0.4) is 0 Å². The van der Waals surface area contributed by atoms with E-state index in [1.807, 2.05) is 18.0 Å². The molecule has 2 nitrogen and oxygen atoms in total. The van der Waals surface area contributed by atoms with Crippen LogP contribution in [-0.2, 0) is 0 Å². The number of nitrogens with zero attached hydrogens (tertiary/aromatic N) is 1. The van der Waals surface area contributed by atoms with Crippen molar-refractivity contribution in [2.75, 3.05) is 26.7 Å². The molecule has 0 spiro atoms. The van der Waals surface area contributed by atoms with E-state index in [9.17, 15) is 4.39 Å². The number of likely N-dealkylation sites (tertiary alicyclic amines) is 1. The van der Waals surface area contributed by atoms with Gasteiger partial charge in [0.15, 0.2) is 0 Å². The zero-order chi connectivity index (χ0) is 11.9. The van der Waals surface area contributed by atoms with Gasteiger partial charge < -0.3 is 5.32 Å². The molecular weight excluding hydrogens is 215 g/mol. The number of hydrogen-bond acceptors (Lipinski definition) is 2. The van der Waals surface area contributed by atoms with Gasteiger partial charge in [0.1, 0.15) is 5.67 Å². The first-order chi connectivity index (χ1) is 8.16. The van der Waals surface area contributed by atoms with Gasteiger partial charge in [-0.3, -0.25) is 4.90 Å². The fourth-order valence-electron chi connectivity index (χ4n) is 2.84. The van der Waals surface area contributed by atoms with Crippen LogP contribution in [0.1, 0.15) is 17.9 Å². The van der Waals surface area contributed by atoms with Gasteiger partial charge >= 0.3 is 0 Å². The minimum Gasteiger partial charge on any atom is -0.310 e. The molecule has 2 fully saturated rings. The molecule has 2 aliphatic rings. The topological polar surface area (TPSA) is 15.3 Å². The van der Waals surface area contributed by atoms with Crippen molar-refractivity contribution in [1.82, 2.24) is 10.2 Å². The van der Waals surface area contributed by atoms with Crippen molar-refractivity contribution >= 4 is 0 Å². The average molecular weight is 234 g/mol. The molecule has 3 heteroatoms. The van der Waals surface area contributed by atoms with Crippen molar-refractivity contribution in [3.63, 3.8) is 0 Å². The Labute approximate surface area is 102 Å². The van der Waals surface area contributed by atoms with Gasteiger partial charge in [0.05, 0.1) is 0 Å². The van der Waals surface area contributed by atoms with E-state index in [0.717, 1.165) is 6.42 Å². The minimum absolute atomic E-state index is 0.482. The maximum atomic E-state index is 14.0. The van der Waals surface area contributed by atoms with Gasteiger partial charge in [-0.15, -0.1) is 0 Å². The van der Waals surface area contributed by atoms with Gasteiger partial charge in [0, 0.05) is 31.6 Å². The van der Waals surface area contributed by atoms with Gasteiger partial charge in [0.25, 0.3) is 0 Å². The van der Waals surface area contributed by atoms with Crippen molar-refractivity contribution in [1.29, 1.82) is 0 Å². The molecule has 0 aromatic heterocycles. The Morgan fingerprint density at radius 3 is 2.71 bits per heavy atom. The SMILES string of the molecule is CN1CC(F)(CNC2CC2c2ccccc2)C1. The molecular formula is C14H19FN2. The Kier molecular flexibility index (Phi) is 2.68. The molecule has 1 saturated heterocycles. The average Bonchev–Trinajstić information content (AvgIpc) is 3.05. The van der Waals surface area contributed by atoms with E-state index in [1.165, 1.54) is 5.56 Å². The standard InChI is InChI=1S/C14H19FN2/c1-17-9-14(15,10-17)8-16-13-7-12(13)11-5-3-2-4-6-11/h2-6,12-13,16H,7-10H2,1H3. The summed E-state index contributed by atoms with van der Waals surface area (Å²) in [6.45, 7) is 1.65. The largest absolute Gasteiger partial charge is 0.310 e. The van der Waals surface area contributed by atoms with Gasteiger partial charge in [-0.2, -0.15) is 0 Å². The molecule has 1 N–H and O–H groups in total. The maximum Gasteiger partial charge on any atom is 0.148 e. The van der Waals surface area contributed by atoms with E-state index in [-0.39, 0.29) is 0 Å². The first kappa shape index (κ1) is 11.2. The second-order valence-corrected chi connectivity index (χ2v) is 5.56. The highest BCUT2D eigenvalue weighted by molar-refractivity contribution is 5.27. The lowest BCUT2D eigenvalue weighted by Crippen LogP contribution is -2.61. The molecule has 17 heavy (non-hydrogen) atoms. The Morgan fingerprint density at radius 2 is 2.06 bits per heavy atom. The predicted octanol–water partition coefficient (Wildman–Crippen LogP) is 1.79. The molecule has 0 bridgehead atoms. The third-order valence-electron chi connectivity index (χ3n) is 3.81. The number of benzene rings is 1. The third kappa shape index (κ3) is 2.35. The van der Waals surface area contributed by atoms with Crippen LogP contribution in [0.25, 0.3) is 0 Å². The molecule has 1 aliphatic carbocycles. The highest BCUT2D eigenvalue weighted by Crippen LogP contribution is 2.41. The van der Waals surface area contributed by atoms with Gasteiger partial charge in [-0.1, -0.05) is 30.3 Å². The van der Waals surface area contributed by atoms with Crippen molar-refractivity contribution in [2.24, 2.45) is 0 Å². The summed E-state index contributed by atoms with van der Waals surface area (Å²) in [5.74, 6) is 0.595. The normalized spacial score (nSPS) is 30.9. The van der Waals surface area contributed by atoms with Crippen LogP contribution in [0.15, 0.2) is 30.3 Å². The first-order valence-electron chi connectivity index (χ1n) is 6.32. The van der Waals surface area contributed by atoms with Gasteiger partial charge in [-0.05, 0) is 19.0 Å². The summed E-state index contributed by atoms with van der Waals surface area (Å²) in [7, 11) is 1.96. The molecule has 1 heterocycles. The smallest absolute Gasteiger partial charge is 0.148 e. The van der Waals surface area contributed by atoms with E-state index >= 15 is 0 Å². The molecule has 1 aromatic carbocycles. The molecule has 1 aliphatic heterocycles. The van der Waals surface area contributed by atoms with Crippen molar-refractivity contribution in [3.05, 3.63) is 35.9 Å². The number of nitrogens with one attached hydrogen (secondary N) is 1. The fraction of sp³-hybridized carbons (Fsp3) is 0.571. The van der Waals surface area contributed by atoms with Crippen LogP contribution in [-0.4, -0.2) is 43.3 Å². The summed E-state index contributed by atoms with van der Waals surface area (Å²) in [6, 6.07) is 11.0. The van der Waals surface area contributed by atoms with E-state index in [0.29, 0.717) is 31.6 Å². The molecule has 0 amide bonds.